The zero-order chi connectivity index (χ0) is 16.4. The Balaban J connectivity index is 1.75. The maximum absolute atomic E-state index is 13.0. The number of aromatic amines is 1. The van der Waals surface area contributed by atoms with E-state index < -0.39 is 0 Å². The number of hydrogen-bond acceptors (Lipinski definition) is 4. The van der Waals surface area contributed by atoms with E-state index in [1.807, 2.05) is 20.0 Å². The number of benzene rings is 1. The molecule has 0 aliphatic rings. The molecule has 0 radical (unpaired) electrons. The minimum absolute atomic E-state index is 0.191. The summed E-state index contributed by atoms with van der Waals surface area (Å²) >= 11 is 1.65. The van der Waals surface area contributed by atoms with Crippen molar-refractivity contribution in [1.29, 1.82) is 0 Å². The Morgan fingerprint density at radius 3 is 2.65 bits per heavy atom. The normalized spacial score (nSPS) is 12.5. The van der Waals surface area contributed by atoms with Crippen molar-refractivity contribution >= 4 is 11.3 Å². The number of rotatable bonds is 5. The van der Waals surface area contributed by atoms with E-state index in [9.17, 15) is 4.39 Å². The zero-order valence-electron chi connectivity index (χ0n) is 13.4. The molecule has 1 atom stereocenters. The summed E-state index contributed by atoms with van der Waals surface area (Å²) in [6, 6.07) is 6.66. The Morgan fingerprint density at radius 2 is 2.00 bits per heavy atom. The van der Waals surface area contributed by atoms with Crippen molar-refractivity contribution in [2.75, 3.05) is 0 Å². The van der Waals surface area contributed by atoms with Crippen molar-refractivity contribution in [3.63, 3.8) is 0 Å². The maximum atomic E-state index is 13.0. The number of H-pyrrole nitrogens is 1. The Labute approximate surface area is 138 Å². The summed E-state index contributed by atoms with van der Waals surface area (Å²) in [5.41, 5.74) is 4.21. The second-order valence-corrected chi connectivity index (χ2v) is 6.63. The van der Waals surface area contributed by atoms with Gasteiger partial charge in [0.05, 0.1) is 11.9 Å². The molecule has 3 aromatic rings. The van der Waals surface area contributed by atoms with E-state index in [1.165, 1.54) is 17.0 Å². The van der Waals surface area contributed by atoms with Gasteiger partial charge in [0, 0.05) is 34.3 Å². The molecule has 0 amide bonds. The molecule has 0 aliphatic heterocycles. The third-order valence-corrected chi connectivity index (χ3v) is 5.24. The van der Waals surface area contributed by atoms with E-state index in [2.05, 4.69) is 27.4 Å². The molecule has 0 bridgehead atoms. The van der Waals surface area contributed by atoms with Gasteiger partial charge in [-0.15, -0.1) is 11.3 Å². The highest BCUT2D eigenvalue weighted by atomic mass is 32.1. The molecule has 0 saturated heterocycles. The lowest BCUT2D eigenvalue weighted by molar-refractivity contribution is 0.578. The van der Waals surface area contributed by atoms with Crippen LogP contribution in [0, 0.1) is 19.7 Å². The molecule has 0 aliphatic carbocycles. The number of nitrogens with one attached hydrogen (secondary N) is 2. The third kappa shape index (κ3) is 3.48. The van der Waals surface area contributed by atoms with Crippen LogP contribution in [0.15, 0.2) is 30.5 Å². The minimum Gasteiger partial charge on any atom is -0.305 e. The number of aromatic nitrogens is 3. The Morgan fingerprint density at radius 1 is 1.26 bits per heavy atom. The average Bonchev–Trinajstić information content (AvgIpc) is 3.11. The van der Waals surface area contributed by atoms with Crippen molar-refractivity contribution in [3.05, 3.63) is 58.1 Å². The Hall–Kier alpha value is -2.05. The molecular formula is C17H19FN4S. The van der Waals surface area contributed by atoms with E-state index in [0.29, 0.717) is 0 Å². The van der Waals surface area contributed by atoms with Crippen LogP contribution in [-0.4, -0.2) is 15.2 Å². The Kier molecular flexibility index (Phi) is 4.54. The van der Waals surface area contributed by atoms with E-state index >= 15 is 0 Å². The summed E-state index contributed by atoms with van der Waals surface area (Å²) in [6.07, 6.45) is 1.85. The predicted molar refractivity (Wildman–Crippen MR) is 90.8 cm³/mol. The highest BCUT2D eigenvalue weighted by Gasteiger charge is 2.15. The van der Waals surface area contributed by atoms with Crippen molar-refractivity contribution in [2.45, 2.75) is 33.4 Å². The molecule has 3 rings (SSSR count). The Bertz CT molecular complexity index is 791. The third-order valence-electron chi connectivity index (χ3n) is 3.85. The number of hydrogen-bond donors (Lipinski definition) is 2. The molecule has 2 heterocycles. The van der Waals surface area contributed by atoms with Crippen LogP contribution in [0.25, 0.3) is 10.6 Å². The van der Waals surface area contributed by atoms with Gasteiger partial charge < -0.3 is 5.32 Å². The van der Waals surface area contributed by atoms with Gasteiger partial charge in [0.25, 0.3) is 0 Å². The summed E-state index contributed by atoms with van der Waals surface area (Å²) in [5, 5.41) is 11.4. The number of nitrogens with zero attached hydrogens (tertiary/aromatic N) is 2. The number of halogens is 1. The quantitative estimate of drug-likeness (QED) is 0.739. The fraction of sp³-hybridized carbons (Fsp3) is 0.294. The lowest BCUT2D eigenvalue weighted by Gasteiger charge is -2.12. The molecule has 4 nitrogen and oxygen atoms in total. The fourth-order valence-electron chi connectivity index (χ4n) is 2.44. The van der Waals surface area contributed by atoms with Gasteiger partial charge in [0.2, 0.25) is 0 Å². The van der Waals surface area contributed by atoms with E-state index in [-0.39, 0.29) is 11.9 Å². The first-order chi connectivity index (χ1) is 11.0. The molecule has 0 fully saturated rings. The van der Waals surface area contributed by atoms with Crippen molar-refractivity contribution in [3.8, 4) is 10.6 Å². The summed E-state index contributed by atoms with van der Waals surface area (Å²) in [7, 11) is 0. The predicted octanol–water partition coefficient (Wildman–Crippen LogP) is 4.14. The molecule has 0 unspecified atom stereocenters. The SMILES string of the molecule is Cc1nc(-c2ccc(F)cc2)sc1[C@@H](C)NCc1cn[nH]c1C. The van der Waals surface area contributed by atoms with Gasteiger partial charge in [0.1, 0.15) is 10.8 Å². The highest BCUT2D eigenvalue weighted by molar-refractivity contribution is 7.15. The molecule has 0 saturated carbocycles. The van der Waals surface area contributed by atoms with E-state index in [4.69, 9.17) is 0 Å². The number of aryl methyl sites for hydroxylation is 2. The van der Waals surface area contributed by atoms with Gasteiger partial charge in [-0.1, -0.05) is 0 Å². The van der Waals surface area contributed by atoms with Gasteiger partial charge in [-0.05, 0) is 45.0 Å². The molecule has 0 spiro atoms. The standard InChI is InChI=1S/C17H19FN4S/c1-10-14(9-20-22-10)8-19-11(2)16-12(3)21-17(23-16)13-4-6-15(18)7-5-13/h4-7,9,11,19H,8H2,1-3H3,(H,20,22)/t11-/m1/s1. The summed E-state index contributed by atoms with van der Waals surface area (Å²) in [6.45, 7) is 6.91. The first kappa shape index (κ1) is 15.8. The van der Waals surface area contributed by atoms with Gasteiger partial charge in [-0.25, -0.2) is 9.37 Å². The average molecular weight is 330 g/mol. The summed E-state index contributed by atoms with van der Waals surface area (Å²) in [4.78, 5) is 5.83. The monoisotopic (exact) mass is 330 g/mol. The van der Waals surface area contributed by atoms with Crippen LogP contribution in [0.4, 0.5) is 4.39 Å². The van der Waals surface area contributed by atoms with Gasteiger partial charge in [-0.3, -0.25) is 5.10 Å². The molecule has 6 heteroatoms. The first-order valence-electron chi connectivity index (χ1n) is 7.50. The summed E-state index contributed by atoms with van der Waals surface area (Å²) in [5.74, 6) is -0.229. The zero-order valence-corrected chi connectivity index (χ0v) is 14.2. The lowest BCUT2D eigenvalue weighted by Crippen LogP contribution is -2.18. The fourth-order valence-corrected chi connectivity index (χ4v) is 3.53. The van der Waals surface area contributed by atoms with Crippen LogP contribution >= 0.6 is 11.3 Å². The van der Waals surface area contributed by atoms with Gasteiger partial charge >= 0.3 is 0 Å². The minimum atomic E-state index is -0.229. The van der Waals surface area contributed by atoms with Gasteiger partial charge in [-0.2, -0.15) is 5.10 Å². The van der Waals surface area contributed by atoms with Crippen LogP contribution in [0.5, 0.6) is 0 Å². The topological polar surface area (TPSA) is 53.6 Å². The highest BCUT2D eigenvalue weighted by Crippen LogP contribution is 2.32. The van der Waals surface area contributed by atoms with Gasteiger partial charge in [0.15, 0.2) is 0 Å². The maximum Gasteiger partial charge on any atom is 0.123 e. The van der Waals surface area contributed by atoms with Crippen LogP contribution < -0.4 is 5.32 Å². The van der Waals surface area contributed by atoms with Crippen molar-refractivity contribution in [1.82, 2.24) is 20.5 Å². The molecule has 23 heavy (non-hydrogen) atoms. The molecule has 1 aromatic carbocycles. The van der Waals surface area contributed by atoms with Crippen LogP contribution in [0.1, 0.15) is 34.8 Å². The second-order valence-electron chi connectivity index (χ2n) is 5.60. The second kappa shape index (κ2) is 6.60. The van der Waals surface area contributed by atoms with E-state index in [1.54, 1.807) is 23.5 Å². The summed E-state index contributed by atoms with van der Waals surface area (Å²) < 4.78 is 13.0. The van der Waals surface area contributed by atoms with Crippen molar-refractivity contribution < 1.29 is 4.39 Å². The van der Waals surface area contributed by atoms with Crippen LogP contribution in [0.2, 0.25) is 0 Å². The molecule has 2 aromatic heterocycles. The van der Waals surface area contributed by atoms with Crippen molar-refractivity contribution in [2.24, 2.45) is 0 Å². The van der Waals surface area contributed by atoms with Crippen LogP contribution in [-0.2, 0) is 6.54 Å². The number of thiazole rings is 1. The largest absolute Gasteiger partial charge is 0.305 e. The lowest BCUT2D eigenvalue weighted by atomic mass is 10.2. The molecule has 120 valence electrons. The first-order valence-corrected chi connectivity index (χ1v) is 8.31. The molecular weight excluding hydrogens is 311 g/mol. The van der Waals surface area contributed by atoms with Crippen LogP contribution in [0.3, 0.4) is 0 Å². The molecule has 2 N–H and O–H groups in total. The smallest absolute Gasteiger partial charge is 0.123 e. The van der Waals surface area contributed by atoms with E-state index in [0.717, 1.165) is 34.1 Å².